The van der Waals surface area contributed by atoms with Crippen LogP contribution in [0.15, 0.2) is 54.7 Å². The molecule has 0 aliphatic carbocycles. The van der Waals surface area contributed by atoms with Crippen molar-refractivity contribution in [1.29, 1.82) is 0 Å². The molecule has 3 aromatic rings. The Hall–Kier alpha value is -2.13. The normalized spacial score (nSPS) is 10.7. The molecular weight excluding hydrogens is 275 g/mol. The first-order chi connectivity index (χ1) is 9.72. The van der Waals surface area contributed by atoms with Crippen LogP contribution in [0.4, 0.5) is 10.1 Å². The highest BCUT2D eigenvalue weighted by molar-refractivity contribution is 6.30. The molecule has 20 heavy (non-hydrogen) atoms. The average molecular weight is 287 g/mol. The highest BCUT2D eigenvalue weighted by atomic mass is 35.5. The number of hydrogen-bond acceptors (Lipinski definition) is 2. The Balaban J connectivity index is 1.79. The van der Waals surface area contributed by atoms with E-state index in [4.69, 9.17) is 11.6 Å². The molecule has 0 unspecified atom stereocenters. The van der Waals surface area contributed by atoms with Gasteiger partial charge in [-0.1, -0.05) is 35.9 Å². The number of rotatable bonds is 3. The summed E-state index contributed by atoms with van der Waals surface area (Å²) in [5.41, 5.74) is 2.37. The second kappa shape index (κ2) is 5.47. The number of para-hydroxylation sites is 1. The summed E-state index contributed by atoms with van der Waals surface area (Å²) in [5, 5.41) is 4.62. The second-order valence-electron chi connectivity index (χ2n) is 4.51. The molecule has 4 heteroatoms. The van der Waals surface area contributed by atoms with Crippen molar-refractivity contribution in [1.82, 2.24) is 4.98 Å². The minimum Gasteiger partial charge on any atom is -0.380 e. The largest absolute Gasteiger partial charge is 0.380 e. The number of anilines is 1. The van der Waals surface area contributed by atoms with E-state index < -0.39 is 0 Å². The van der Waals surface area contributed by atoms with Gasteiger partial charge in [-0.3, -0.25) is 4.98 Å². The third kappa shape index (κ3) is 2.73. The Morgan fingerprint density at radius 3 is 2.80 bits per heavy atom. The smallest absolute Gasteiger partial charge is 0.129 e. The molecule has 3 rings (SSSR count). The second-order valence-corrected chi connectivity index (χ2v) is 4.94. The van der Waals surface area contributed by atoms with E-state index in [2.05, 4.69) is 10.3 Å². The van der Waals surface area contributed by atoms with Crippen LogP contribution in [0, 0.1) is 5.82 Å². The van der Waals surface area contributed by atoms with Gasteiger partial charge >= 0.3 is 0 Å². The van der Waals surface area contributed by atoms with E-state index in [0.29, 0.717) is 17.1 Å². The maximum atomic E-state index is 13.7. The van der Waals surface area contributed by atoms with Crippen molar-refractivity contribution in [3.05, 3.63) is 71.1 Å². The SMILES string of the molecule is Fc1cc(Cl)ccc1CNc1cnc2ccccc2c1. The standard InChI is InChI=1S/C16H12ClFN2/c17-13-6-5-12(15(18)8-13)9-19-14-7-11-3-1-2-4-16(11)20-10-14/h1-8,10,19H,9H2. The van der Waals surface area contributed by atoms with Crippen LogP contribution < -0.4 is 5.32 Å². The van der Waals surface area contributed by atoms with Crippen molar-refractivity contribution in [2.24, 2.45) is 0 Å². The molecule has 1 N–H and O–H groups in total. The first kappa shape index (κ1) is 12.9. The van der Waals surface area contributed by atoms with Gasteiger partial charge in [0.1, 0.15) is 5.82 Å². The predicted octanol–water partition coefficient (Wildman–Crippen LogP) is 4.64. The summed E-state index contributed by atoms with van der Waals surface area (Å²) in [6.07, 6.45) is 1.75. The quantitative estimate of drug-likeness (QED) is 0.759. The molecule has 0 saturated heterocycles. The van der Waals surface area contributed by atoms with Crippen LogP contribution in [0.2, 0.25) is 5.02 Å². The maximum absolute atomic E-state index is 13.7. The highest BCUT2D eigenvalue weighted by Crippen LogP contribution is 2.19. The van der Waals surface area contributed by atoms with Gasteiger partial charge in [0.2, 0.25) is 0 Å². The molecule has 0 amide bonds. The maximum Gasteiger partial charge on any atom is 0.129 e. The van der Waals surface area contributed by atoms with Crippen molar-refractivity contribution < 1.29 is 4.39 Å². The van der Waals surface area contributed by atoms with E-state index in [-0.39, 0.29) is 5.82 Å². The monoisotopic (exact) mass is 286 g/mol. The lowest BCUT2D eigenvalue weighted by molar-refractivity contribution is 0.613. The van der Waals surface area contributed by atoms with Crippen LogP contribution in [0.25, 0.3) is 10.9 Å². The van der Waals surface area contributed by atoms with Crippen LogP contribution in [-0.2, 0) is 6.54 Å². The van der Waals surface area contributed by atoms with Gasteiger partial charge in [0.05, 0.1) is 17.4 Å². The number of nitrogens with zero attached hydrogens (tertiary/aromatic N) is 1. The van der Waals surface area contributed by atoms with Gasteiger partial charge < -0.3 is 5.32 Å². The van der Waals surface area contributed by atoms with Crippen molar-refractivity contribution in [2.45, 2.75) is 6.54 Å². The zero-order chi connectivity index (χ0) is 13.9. The van der Waals surface area contributed by atoms with Gasteiger partial charge in [0.15, 0.2) is 0 Å². The van der Waals surface area contributed by atoms with Crippen LogP contribution in [0.5, 0.6) is 0 Å². The lowest BCUT2D eigenvalue weighted by atomic mass is 10.2. The highest BCUT2D eigenvalue weighted by Gasteiger charge is 2.03. The summed E-state index contributed by atoms with van der Waals surface area (Å²) in [5.74, 6) is -0.307. The molecule has 2 aromatic carbocycles. The molecular formula is C16H12ClFN2. The summed E-state index contributed by atoms with van der Waals surface area (Å²) in [7, 11) is 0. The Bertz CT molecular complexity index is 758. The summed E-state index contributed by atoms with van der Waals surface area (Å²) in [6, 6.07) is 14.5. The Kier molecular flexibility index (Phi) is 3.52. The van der Waals surface area contributed by atoms with E-state index in [0.717, 1.165) is 16.6 Å². The number of pyridine rings is 1. The fraction of sp³-hybridized carbons (Fsp3) is 0.0625. The summed E-state index contributed by atoms with van der Waals surface area (Å²) >= 11 is 5.73. The van der Waals surface area contributed by atoms with Gasteiger partial charge in [-0.15, -0.1) is 0 Å². The lowest BCUT2D eigenvalue weighted by Crippen LogP contribution is -2.02. The number of benzene rings is 2. The first-order valence-corrected chi connectivity index (χ1v) is 6.63. The lowest BCUT2D eigenvalue weighted by Gasteiger charge is -2.08. The summed E-state index contributed by atoms with van der Waals surface area (Å²) in [6.45, 7) is 0.392. The van der Waals surface area contributed by atoms with E-state index in [1.54, 1.807) is 18.3 Å². The van der Waals surface area contributed by atoms with E-state index in [9.17, 15) is 4.39 Å². The molecule has 0 aliphatic rings. The Morgan fingerprint density at radius 2 is 1.95 bits per heavy atom. The third-order valence-electron chi connectivity index (χ3n) is 3.09. The molecule has 1 aromatic heterocycles. The topological polar surface area (TPSA) is 24.9 Å². The van der Waals surface area contributed by atoms with Gasteiger partial charge in [-0.05, 0) is 24.3 Å². The van der Waals surface area contributed by atoms with Crippen molar-refractivity contribution in [3.63, 3.8) is 0 Å². The molecule has 2 nitrogen and oxygen atoms in total. The van der Waals surface area contributed by atoms with E-state index in [1.165, 1.54) is 6.07 Å². The summed E-state index contributed by atoms with van der Waals surface area (Å²) in [4.78, 5) is 4.35. The van der Waals surface area contributed by atoms with Crippen molar-refractivity contribution in [2.75, 3.05) is 5.32 Å². The van der Waals surface area contributed by atoms with Crippen LogP contribution in [0.1, 0.15) is 5.56 Å². The zero-order valence-electron chi connectivity index (χ0n) is 10.6. The van der Waals surface area contributed by atoms with Crippen molar-refractivity contribution >= 4 is 28.2 Å². The minimum absolute atomic E-state index is 0.307. The molecule has 0 fully saturated rings. The fourth-order valence-corrected chi connectivity index (χ4v) is 2.19. The zero-order valence-corrected chi connectivity index (χ0v) is 11.4. The predicted molar refractivity (Wildman–Crippen MR) is 80.5 cm³/mol. The van der Waals surface area contributed by atoms with Gasteiger partial charge in [0.25, 0.3) is 0 Å². The average Bonchev–Trinajstić information content (AvgIpc) is 2.46. The molecule has 0 radical (unpaired) electrons. The Labute approximate surface area is 121 Å². The first-order valence-electron chi connectivity index (χ1n) is 6.25. The van der Waals surface area contributed by atoms with Crippen LogP contribution >= 0.6 is 11.6 Å². The number of aromatic nitrogens is 1. The Morgan fingerprint density at radius 1 is 1.10 bits per heavy atom. The number of halogens is 2. The van der Waals surface area contributed by atoms with Gasteiger partial charge in [-0.2, -0.15) is 0 Å². The van der Waals surface area contributed by atoms with E-state index in [1.807, 2.05) is 30.3 Å². The minimum atomic E-state index is -0.307. The number of fused-ring (bicyclic) bond motifs is 1. The fourth-order valence-electron chi connectivity index (χ4n) is 2.03. The van der Waals surface area contributed by atoms with Crippen LogP contribution in [0.3, 0.4) is 0 Å². The molecule has 100 valence electrons. The molecule has 0 spiro atoms. The molecule has 0 saturated carbocycles. The van der Waals surface area contributed by atoms with E-state index >= 15 is 0 Å². The molecule has 0 atom stereocenters. The van der Waals surface area contributed by atoms with Crippen LogP contribution in [-0.4, -0.2) is 4.98 Å². The summed E-state index contributed by atoms with van der Waals surface area (Å²) < 4.78 is 13.7. The third-order valence-corrected chi connectivity index (χ3v) is 3.32. The van der Waals surface area contributed by atoms with Crippen molar-refractivity contribution in [3.8, 4) is 0 Å². The van der Waals surface area contributed by atoms with Gasteiger partial charge in [0, 0.05) is 22.5 Å². The molecule has 0 aliphatic heterocycles. The molecule has 1 heterocycles. The number of hydrogen-bond donors (Lipinski definition) is 1. The van der Waals surface area contributed by atoms with Gasteiger partial charge in [-0.25, -0.2) is 4.39 Å². The number of nitrogens with one attached hydrogen (secondary N) is 1. The molecule has 0 bridgehead atoms.